The third-order valence-corrected chi connectivity index (χ3v) is 3.91. The number of urea groups is 1. The van der Waals surface area contributed by atoms with E-state index >= 15 is 0 Å². The topological polar surface area (TPSA) is 64.7 Å². The minimum absolute atomic E-state index is 0.0480. The van der Waals surface area contributed by atoms with Crippen LogP contribution in [0.5, 0.6) is 0 Å². The molecule has 1 aromatic carbocycles. The Kier molecular flexibility index (Phi) is 8.42. The molecule has 0 radical (unpaired) electrons. The van der Waals surface area contributed by atoms with Crippen molar-refractivity contribution in [1.29, 1.82) is 0 Å². The molecule has 0 spiro atoms. The molecule has 6 nitrogen and oxygen atoms in total. The first kappa shape index (κ1) is 21.8. The summed E-state index contributed by atoms with van der Waals surface area (Å²) in [6, 6.07) is 5.58. The number of rotatable bonds is 8. The van der Waals surface area contributed by atoms with Crippen LogP contribution in [0.2, 0.25) is 0 Å². The van der Waals surface area contributed by atoms with Crippen LogP contribution < -0.4 is 15.5 Å². The Labute approximate surface area is 157 Å². The molecule has 146 valence electrons. The normalized spacial score (nSPS) is 10.8. The van der Waals surface area contributed by atoms with Gasteiger partial charge in [0.1, 0.15) is 0 Å². The maximum absolute atomic E-state index is 12.6. The molecular formula is C20H34N4O2. The molecule has 0 bridgehead atoms. The number of carbonyl (C=O) groups is 2. The van der Waals surface area contributed by atoms with Gasteiger partial charge in [0.25, 0.3) is 0 Å². The molecule has 0 unspecified atom stereocenters. The number of hydrogen-bond donors (Lipinski definition) is 2. The largest absolute Gasteiger partial charge is 0.377 e. The molecule has 0 aliphatic heterocycles. The predicted molar refractivity (Wildman–Crippen MR) is 109 cm³/mol. The lowest BCUT2D eigenvalue weighted by Gasteiger charge is -2.29. The third kappa shape index (κ3) is 6.58. The van der Waals surface area contributed by atoms with Crippen LogP contribution in [-0.4, -0.2) is 44.0 Å². The van der Waals surface area contributed by atoms with Gasteiger partial charge in [0.05, 0.1) is 0 Å². The van der Waals surface area contributed by atoms with E-state index < -0.39 is 0 Å². The molecule has 1 rings (SSSR count). The summed E-state index contributed by atoms with van der Waals surface area (Å²) in [5, 5.41) is 5.57. The van der Waals surface area contributed by atoms with Crippen LogP contribution in [-0.2, 0) is 11.3 Å². The molecule has 0 atom stereocenters. The van der Waals surface area contributed by atoms with Crippen LogP contribution >= 0.6 is 0 Å². The molecule has 0 aliphatic rings. The van der Waals surface area contributed by atoms with Gasteiger partial charge in [-0.1, -0.05) is 27.7 Å². The fraction of sp³-hybridized carbons (Fsp3) is 0.600. The Morgan fingerprint density at radius 3 is 2.27 bits per heavy atom. The summed E-state index contributed by atoms with van der Waals surface area (Å²) in [5.74, 6) is 0.482. The third-order valence-electron chi connectivity index (χ3n) is 3.91. The van der Waals surface area contributed by atoms with E-state index in [0.717, 1.165) is 16.9 Å². The highest BCUT2D eigenvalue weighted by atomic mass is 16.2. The van der Waals surface area contributed by atoms with Gasteiger partial charge in [0, 0.05) is 51.0 Å². The lowest BCUT2D eigenvalue weighted by atomic mass is 10.1. The SMILES string of the molecule is CCNC(=O)Nc1ccc(N(C)C)c(CN(CC(C)C)C(=O)C(C)C)c1. The van der Waals surface area contributed by atoms with Gasteiger partial charge in [0.2, 0.25) is 5.91 Å². The zero-order valence-corrected chi connectivity index (χ0v) is 17.2. The molecule has 0 aliphatic carbocycles. The highest BCUT2D eigenvalue weighted by Gasteiger charge is 2.20. The first-order valence-corrected chi connectivity index (χ1v) is 9.29. The second-order valence-corrected chi connectivity index (χ2v) is 7.49. The van der Waals surface area contributed by atoms with E-state index in [1.807, 2.05) is 62.9 Å². The second-order valence-electron chi connectivity index (χ2n) is 7.49. The monoisotopic (exact) mass is 362 g/mol. The zero-order chi connectivity index (χ0) is 19.9. The molecule has 0 heterocycles. The van der Waals surface area contributed by atoms with Gasteiger partial charge in [-0.3, -0.25) is 4.79 Å². The predicted octanol–water partition coefficient (Wildman–Crippen LogP) is 3.53. The van der Waals surface area contributed by atoms with Crippen molar-refractivity contribution in [3.63, 3.8) is 0 Å². The molecule has 26 heavy (non-hydrogen) atoms. The Morgan fingerprint density at radius 2 is 1.77 bits per heavy atom. The number of carbonyl (C=O) groups excluding carboxylic acids is 2. The summed E-state index contributed by atoms with van der Waals surface area (Å²) in [6.07, 6.45) is 0. The van der Waals surface area contributed by atoms with Gasteiger partial charge in [0.15, 0.2) is 0 Å². The quantitative estimate of drug-likeness (QED) is 0.743. The van der Waals surface area contributed by atoms with E-state index in [0.29, 0.717) is 25.6 Å². The van der Waals surface area contributed by atoms with E-state index in [-0.39, 0.29) is 17.9 Å². The van der Waals surface area contributed by atoms with Crippen molar-refractivity contribution in [2.45, 2.75) is 41.2 Å². The van der Waals surface area contributed by atoms with Crippen LogP contribution in [0.3, 0.4) is 0 Å². The number of anilines is 2. The van der Waals surface area contributed by atoms with Gasteiger partial charge in [-0.05, 0) is 36.6 Å². The van der Waals surface area contributed by atoms with E-state index in [4.69, 9.17) is 0 Å². The summed E-state index contributed by atoms with van der Waals surface area (Å²) in [6.45, 7) is 11.7. The van der Waals surface area contributed by atoms with Crippen LogP contribution in [0.4, 0.5) is 16.2 Å². The lowest BCUT2D eigenvalue weighted by Crippen LogP contribution is -2.37. The first-order valence-electron chi connectivity index (χ1n) is 9.29. The molecule has 0 fully saturated rings. The van der Waals surface area contributed by atoms with E-state index in [2.05, 4.69) is 24.5 Å². The molecule has 1 aromatic rings. The first-order chi connectivity index (χ1) is 12.1. The summed E-state index contributed by atoms with van der Waals surface area (Å²) in [7, 11) is 3.96. The minimum Gasteiger partial charge on any atom is -0.377 e. The van der Waals surface area contributed by atoms with Crippen molar-refractivity contribution < 1.29 is 9.59 Å². The van der Waals surface area contributed by atoms with E-state index in [1.54, 1.807) is 0 Å². The van der Waals surface area contributed by atoms with Gasteiger partial charge < -0.3 is 20.4 Å². The Morgan fingerprint density at radius 1 is 1.12 bits per heavy atom. The van der Waals surface area contributed by atoms with Gasteiger partial charge in [-0.2, -0.15) is 0 Å². The second kappa shape index (κ2) is 10.0. The van der Waals surface area contributed by atoms with E-state index in [9.17, 15) is 9.59 Å². The van der Waals surface area contributed by atoms with Crippen LogP contribution in [0.15, 0.2) is 18.2 Å². The molecular weight excluding hydrogens is 328 g/mol. The number of amides is 3. The summed E-state index contributed by atoms with van der Waals surface area (Å²) < 4.78 is 0. The van der Waals surface area contributed by atoms with Crippen LogP contribution in [0.1, 0.15) is 40.2 Å². The average Bonchev–Trinajstić information content (AvgIpc) is 2.53. The molecule has 0 aromatic heterocycles. The molecule has 0 saturated carbocycles. The maximum Gasteiger partial charge on any atom is 0.319 e. The van der Waals surface area contributed by atoms with Crippen LogP contribution in [0.25, 0.3) is 0 Å². The number of hydrogen-bond acceptors (Lipinski definition) is 3. The van der Waals surface area contributed by atoms with E-state index in [1.165, 1.54) is 0 Å². The fourth-order valence-electron chi connectivity index (χ4n) is 2.81. The van der Waals surface area contributed by atoms with Crippen molar-refractivity contribution in [2.75, 3.05) is 37.4 Å². The highest BCUT2D eigenvalue weighted by Crippen LogP contribution is 2.25. The summed E-state index contributed by atoms with van der Waals surface area (Å²) in [4.78, 5) is 28.4. The van der Waals surface area contributed by atoms with Crippen molar-refractivity contribution in [1.82, 2.24) is 10.2 Å². The smallest absolute Gasteiger partial charge is 0.319 e. The Hall–Kier alpha value is -2.24. The van der Waals surface area contributed by atoms with Crippen molar-refractivity contribution >= 4 is 23.3 Å². The van der Waals surface area contributed by atoms with Gasteiger partial charge >= 0.3 is 6.03 Å². The number of nitrogens with one attached hydrogen (secondary N) is 2. The number of nitrogens with zero attached hydrogens (tertiary/aromatic N) is 2. The fourth-order valence-corrected chi connectivity index (χ4v) is 2.81. The molecule has 0 saturated heterocycles. The summed E-state index contributed by atoms with van der Waals surface area (Å²) in [5.41, 5.74) is 2.77. The minimum atomic E-state index is -0.228. The van der Waals surface area contributed by atoms with Crippen molar-refractivity contribution in [2.24, 2.45) is 11.8 Å². The standard InChI is InChI=1S/C20H34N4O2/c1-8-21-20(26)22-17-9-10-18(23(6)7)16(11-17)13-24(12-14(2)3)19(25)15(4)5/h9-11,14-15H,8,12-13H2,1-7H3,(H2,21,22,26). The summed E-state index contributed by atoms with van der Waals surface area (Å²) >= 11 is 0. The van der Waals surface area contributed by atoms with Crippen LogP contribution in [0, 0.1) is 11.8 Å². The molecule has 6 heteroatoms. The Bertz CT molecular complexity index is 612. The Balaban J connectivity index is 3.15. The van der Waals surface area contributed by atoms with Gasteiger partial charge in [-0.25, -0.2) is 4.79 Å². The molecule has 2 N–H and O–H groups in total. The zero-order valence-electron chi connectivity index (χ0n) is 17.2. The van der Waals surface area contributed by atoms with Gasteiger partial charge in [-0.15, -0.1) is 0 Å². The highest BCUT2D eigenvalue weighted by molar-refractivity contribution is 5.89. The maximum atomic E-state index is 12.6. The average molecular weight is 363 g/mol. The lowest BCUT2D eigenvalue weighted by molar-refractivity contribution is -0.135. The molecule has 3 amide bonds. The van der Waals surface area contributed by atoms with Crippen molar-refractivity contribution in [3.8, 4) is 0 Å². The number of benzene rings is 1. The van der Waals surface area contributed by atoms with Crippen molar-refractivity contribution in [3.05, 3.63) is 23.8 Å².